The Morgan fingerprint density at radius 3 is 2.69 bits per heavy atom. The van der Waals surface area contributed by atoms with Crippen molar-refractivity contribution >= 4 is 12.3 Å². The van der Waals surface area contributed by atoms with Gasteiger partial charge in [0.15, 0.2) is 6.29 Å². The molecule has 0 heterocycles. The van der Waals surface area contributed by atoms with E-state index in [1.807, 2.05) is 0 Å². The molecule has 5 nitrogen and oxygen atoms in total. The summed E-state index contributed by atoms with van der Waals surface area (Å²) in [7, 11) is 0. The smallest absolute Gasteiger partial charge is 0.323 e. The number of phenols is 1. The van der Waals surface area contributed by atoms with E-state index in [1.165, 1.54) is 25.1 Å². The van der Waals surface area contributed by atoms with E-state index >= 15 is 0 Å². The normalized spacial score (nSPS) is 14.1. The van der Waals surface area contributed by atoms with Crippen LogP contribution in [0.4, 0.5) is 0 Å². The summed E-state index contributed by atoms with van der Waals surface area (Å²) < 4.78 is 0. The van der Waals surface area contributed by atoms with Gasteiger partial charge in [-0.05, 0) is 24.6 Å². The third-order valence-corrected chi connectivity index (χ3v) is 2.28. The van der Waals surface area contributed by atoms with Crippen molar-refractivity contribution < 1.29 is 19.8 Å². The zero-order chi connectivity index (χ0) is 12.3. The molecule has 0 saturated carbocycles. The average Bonchev–Trinajstić information content (AvgIpc) is 2.20. The molecule has 0 bridgehead atoms. The molecule has 0 saturated heterocycles. The highest BCUT2D eigenvalue weighted by Crippen LogP contribution is 2.19. The summed E-state index contributed by atoms with van der Waals surface area (Å²) in [6.45, 7) is 1.39. The van der Waals surface area contributed by atoms with Gasteiger partial charge in [-0.3, -0.25) is 9.59 Å². The molecule has 4 N–H and O–H groups in total. The molecular weight excluding hydrogens is 210 g/mol. The highest BCUT2D eigenvalue weighted by atomic mass is 16.4. The Kier molecular flexibility index (Phi) is 3.29. The first-order valence-electron chi connectivity index (χ1n) is 4.66. The molecule has 1 unspecified atom stereocenters. The third kappa shape index (κ3) is 2.58. The number of carbonyl (C=O) groups excluding carboxylic acids is 1. The van der Waals surface area contributed by atoms with E-state index < -0.39 is 11.5 Å². The molecule has 16 heavy (non-hydrogen) atoms. The van der Waals surface area contributed by atoms with E-state index in [2.05, 4.69) is 0 Å². The molecule has 1 atom stereocenters. The molecule has 1 aromatic carbocycles. The minimum atomic E-state index is -1.39. The van der Waals surface area contributed by atoms with Crippen LogP contribution >= 0.6 is 0 Å². The van der Waals surface area contributed by atoms with E-state index in [0.717, 1.165) is 0 Å². The number of phenolic OH excluding ortho intramolecular Hbond substituents is 1. The number of hydrogen-bond donors (Lipinski definition) is 3. The van der Waals surface area contributed by atoms with Gasteiger partial charge in [-0.1, -0.05) is 6.07 Å². The lowest BCUT2D eigenvalue weighted by Crippen LogP contribution is -2.46. The number of benzene rings is 1. The molecule has 1 rings (SSSR count). The Bertz CT molecular complexity index is 426. The van der Waals surface area contributed by atoms with Crippen molar-refractivity contribution in [3.8, 4) is 5.75 Å². The minimum absolute atomic E-state index is 0.0868. The van der Waals surface area contributed by atoms with Crippen LogP contribution in [0, 0.1) is 0 Å². The Hall–Kier alpha value is -1.88. The molecule has 86 valence electrons. The van der Waals surface area contributed by atoms with Gasteiger partial charge in [-0.15, -0.1) is 0 Å². The number of carboxylic acids is 1. The van der Waals surface area contributed by atoms with Crippen molar-refractivity contribution in [1.82, 2.24) is 0 Å². The number of carboxylic acid groups (broad SMARTS) is 1. The summed E-state index contributed by atoms with van der Waals surface area (Å²) in [5.74, 6) is -1.25. The van der Waals surface area contributed by atoms with Crippen molar-refractivity contribution in [2.75, 3.05) is 0 Å². The highest BCUT2D eigenvalue weighted by Gasteiger charge is 2.28. The van der Waals surface area contributed by atoms with Gasteiger partial charge in [0.2, 0.25) is 0 Å². The first kappa shape index (κ1) is 12.2. The van der Waals surface area contributed by atoms with E-state index in [4.69, 9.17) is 10.8 Å². The number of nitrogens with two attached hydrogens (primary N) is 1. The van der Waals surface area contributed by atoms with Crippen LogP contribution in [-0.2, 0) is 11.2 Å². The number of aldehydes is 1. The van der Waals surface area contributed by atoms with Gasteiger partial charge in [0.25, 0.3) is 0 Å². The molecule has 0 spiro atoms. The summed E-state index contributed by atoms with van der Waals surface area (Å²) in [5.41, 5.74) is 4.89. The molecule has 1 aromatic rings. The van der Waals surface area contributed by atoms with Gasteiger partial charge < -0.3 is 15.9 Å². The summed E-state index contributed by atoms with van der Waals surface area (Å²) >= 11 is 0. The van der Waals surface area contributed by atoms with E-state index in [1.54, 1.807) is 0 Å². The van der Waals surface area contributed by atoms with E-state index in [9.17, 15) is 14.7 Å². The second kappa shape index (κ2) is 4.32. The Morgan fingerprint density at radius 2 is 2.19 bits per heavy atom. The first-order chi connectivity index (χ1) is 7.36. The van der Waals surface area contributed by atoms with Crippen LogP contribution in [0.25, 0.3) is 0 Å². The molecule has 0 aromatic heterocycles. The van der Waals surface area contributed by atoms with E-state index in [0.29, 0.717) is 11.8 Å². The Labute approximate surface area is 92.5 Å². The Balaban J connectivity index is 2.99. The lowest BCUT2D eigenvalue weighted by Gasteiger charge is -2.19. The van der Waals surface area contributed by atoms with Crippen LogP contribution in [0.15, 0.2) is 18.2 Å². The minimum Gasteiger partial charge on any atom is -0.507 e. The maximum atomic E-state index is 10.8. The first-order valence-corrected chi connectivity index (χ1v) is 4.66. The fourth-order valence-corrected chi connectivity index (χ4v) is 1.31. The van der Waals surface area contributed by atoms with Gasteiger partial charge in [0.1, 0.15) is 11.3 Å². The van der Waals surface area contributed by atoms with Gasteiger partial charge in [-0.2, -0.15) is 0 Å². The number of aliphatic carboxylic acids is 1. The van der Waals surface area contributed by atoms with Crippen molar-refractivity contribution in [2.45, 2.75) is 18.9 Å². The van der Waals surface area contributed by atoms with Gasteiger partial charge >= 0.3 is 5.97 Å². The summed E-state index contributed by atoms with van der Waals surface area (Å²) in [4.78, 5) is 21.4. The number of aromatic hydroxyl groups is 1. The largest absolute Gasteiger partial charge is 0.507 e. The molecule has 0 amide bonds. The van der Waals surface area contributed by atoms with Gasteiger partial charge in [0.05, 0.1) is 5.56 Å². The lowest BCUT2D eigenvalue weighted by atomic mass is 9.93. The molecular formula is C11H13NO4. The maximum absolute atomic E-state index is 10.8. The quantitative estimate of drug-likeness (QED) is 0.647. The molecule has 0 radical (unpaired) electrons. The van der Waals surface area contributed by atoms with Crippen LogP contribution in [0.5, 0.6) is 5.75 Å². The summed E-state index contributed by atoms with van der Waals surface area (Å²) in [6.07, 6.45) is 0.594. The van der Waals surface area contributed by atoms with Crippen molar-refractivity contribution in [3.05, 3.63) is 29.3 Å². The maximum Gasteiger partial charge on any atom is 0.323 e. The zero-order valence-electron chi connectivity index (χ0n) is 8.80. The third-order valence-electron chi connectivity index (χ3n) is 2.28. The van der Waals surface area contributed by atoms with Crippen molar-refractivity contribution in [3.63, 3.8) is 0 Å². The molecule has 5 heteroatoms. The second-order valence-corrected chi connectivity index (χ2v) is 3.91. The standard InChI is InChI=1S/C11H13NO4/c1-11(12,10(15)16)5-7-2-3-9(14)8(4-7)6-13/h2-4,6,14H,5,12H2,1H3,(H,15,16). The van der Waals surface area contributed by atoms with Crippen molar-refractivity contribution in [1.29, 1.82) is 0 Å². The molecule has 0 fully saturated rings. The number of carbonyl (C=O) groups is 2. The SMILES string of the molecule is CC(N)(Cc1ccc(O)c(C=O)c1)C(=O)O. The molecule has 0 aliphatic carbocycles. The second-order valence-electron chi connectivity index (χ2n) is 3.91. The summed E-state index contributed by atoms with van der Waals surface area (Å²) in [5, 5.41) is 18.1. The highest BCUT2D eigenvalue weighted by molar-refractivity contribution is 5.80. The molecule has 0 aliphatic heterocycles. The fourth-order valence-electron chi connectivity index (χ4n) is 1.31. The van der Waals surface area contributed by atoms with Crippen LogP contribution in [0.1, 0.15) is 22.8 Å². The van der Waals surface area contributed by atoms with Crippen LogP contribution in [0.3, 0.4) is 0 Å². The number of hydrogen-bond acceptors (Lipinski definition) is 4. The zero-order valence-corrected chi connectivity index (χ0v) is 8.80. The van der Waals surface area contributed by atoms with Crippen LogP contribution in [-0.4, -0.2) is 28.0 Å². The predicted octanol–water partition coefficient (Wildman–Crippen LogP) is 0.549. The van der Waals surface area contributed by atoms with E-state index in [-0.39, 0.29) is 17.7 Å². The predicted molar refractivity (Wildman–Crippen MR) is 57.4 cm³/mol. The van der Waals surface area contributed by atoms with Crippen LogP contribution < -0.4 is 5.73 Å². The molecule has 0 aliphatic rings. The number of rotatable bonds is 4. The van der Waals surface area contributed by atoms with Gasteiger partial charge in [0, 0.05) is 6.42 Å². The topological polar surface area (TPSA) is 101 Å². The Morgan fingerprint density at radius 1 is 1.56 bits per heavy atom. The monoisotopic (exact) mass is 223 g/mol. The lowest BCUT2D eigenvalue weighted by molar-refractivity contribution is -0.142. The van der Waals surface area contributed by atoms with Gasteiger partial charge in [-0.25, -0.2) is 0 Å². The van der Waals surface area contributed by atoms with Crippen LogP contribution in [0.2, 0.25) is 0 Å². The van der Waals surface area contributed by atoms with Crippen molar-refractivity contribution in [2.24, 2.45) is 5.73 Å². The summed E-state index contributed by atoms with van der Waals surface area (Å²) in [6, 6.07) is 4.31. The fraction of sp³-hybridized carbons (Fsp3) is 0.273. The average molecular weight is 223 g/mol.